The summed E-state index contributed by atoms with van der Waals surface area (Å²) in [4.78, 5) is 10.6. The fraction of sp³-hybridized carbons (Fsp3) is 0.600. The van der Waals surface area contributed by atoms with Crippen molar-refractivity contribution in [1.29, 1.82) is 0 Å². The van der Waals surface area contributed by atoms with Gasteiger partial charge in [-0.2, -0.15) is 0 Å². The maximum atomic E-state index is 5.44. The number of nitrogens with one attached hydrogen (secondary N) is 1. The number of likely N-dealkylation sites (N-methyl/N-ethyl adjacent to an activating group) is 1. The number of hydrogen-bond donors (Lipinski definition) is 2. The smallest absolute Gasteiger partial charge is 0.131 e. The van der Waals surface area contributed by atoms with Gasteiger partial charge in [-0.15, -0.1) is 0 Å². The van der Waals surface area contributed by atoms with E-state index in [2.05, 4.69) is 20.2 Å². The number of nitrogens with two attached hydrogens (primary N) is 1. The summed E-state index contributed by atoms with van der Waals surface area (Å²) in [5.74, 6) is 1.67. The lowest BCUT2D eigenvalue weighted by Crippen LogP contribution is -2.21. The van der Waals surface area contributed by atoms with Gasteiger partial charge < -0.3 is 16.0 Å². The summed E-state index contributed by atoms with van der Waals surface area (Å²) in [5, 5.41) is 3.24. The van der Waals surface area contributed by atoms with Crippen LogP contribution in [0.5, 0.6) is 0 Å². The van der Waals surface area contributed by atoms with E-state index in [1.807, 2.05) is 20.2 Å². The molecule has 0 aromatic carbocycles. The molecule has 15 heavy (non-hydrogen) atoms. The van der Waals surface area contributed by atoms with Crippen LogP contribution in [0.25, 0.3) is 0 Å². The largest absolute Gasteiger partial charge is 0.369 e. The molecule has 0 amide bonds. The number of nitrogens with zero attached hydrogens (tertiary/aromatic N) is 3. The van der Waals surface area contributed by atoms with Crippen molar-refractivity contribution >= 4 is 5.82 Å². The zero-order valence-corrected chi connectivity index (χ0v) is 9.40. The molecule has 0 aliphatic carbocycles. The topological polar surface area (TPSA) is 67.1 Å². The first kappa shape index (κ1) is 11.9. The van der Waals surface area contributed by atoms with E-state index >= 15 is 0 Å². The lowest BCUT2D eigenvalue weighted by atomic mass is 10.4. The highest BCUT2D eigenvalue weighted by molar-refractivity contribution is 5.32. The first-order chi connectivity index (χ1) is 7.22. The van der Waals surface area contributed by atoms with Crippen LogP contribution in [0, 0.1) is 0 Å². The van der Waals surface area contributed by atoms with Crippen molar-refractivity contribution in [2.24, 2.45) is 5.73 Å². The van der Waals surface area contributed by atoms with E-state index in [0.717, 1.165) is 31.2 Å². The molecule has 1 aromatic rings. The molecule has 0 fully saturated rings. The Kier molecular flexibility index (Phi) is 5.00. The van der Waals surface area contributed by atoms with Crippen LogP contribution in [0.3, 0.4) is 0 Å². The molecule has 3 N–H and O–H groups in total. The van der Waals surface area contributed by atoms with Crippen LogP contribution in [-0.2, 0) is 6.42 Å². The highest BCUT2D eigenvalue weighted by Crippen LogP contribution is 2.01. The van der Waals surface area contributed by atoms with Gasteiger partial charge in [0, 0.05) is 25.7 Å². The third-order valence-corrected chi connectivity index (χ3v) is 1.94. The van der Waals surface area contributed by atoms with Gasteiger partial charge in [0.15, 0.2) is 0 Å². The van der Waals surface area contributed by atoms with E-state index in [9.17, 15) is 0 Å². The average Bonchev–Trinajstić information content (AvgIpc) is 2.18. The van der Waals surface area contributed by atoms with Crippen molar-refractivity contribution < 1.29 is 0 Å². The zero-order valence-electron chi connectivity index (χ0n) is 9.40. The van der Waals surface area contributed by atoms with Crippen LogP contribution < -0.4 is 11.1 Å². The van der Waals surface area contributed by atoms with E-state index in [1.54, 1.807) is 6.20 Å². The number of aromatic nitrogens is 2. The minimum Gasteiger partial charge on any atom is -0.369 e. The Morgan fingerprint density at radius 3 is 2.93 bits per heavy atom. The summed E-state index contributed by atoms with van der Waals surface area (Å²) >= 11 is 0. The molecule has 0 aliphatic heterocycles. The van der Waals surface area contributed by atoms with E-state index in [4.69, 9.17) is 5.73 Å². The quantitative estimate of drug-likeness (QED) is 0.687. The van der Waals surface area contributed by atoms with Gasteiger partial charge in [0.25, 0.3) is 0 Å². The minimum atomic E-state index is 0.584. The first-order valence-electron chi connectivity index (χ1n) is 5.13. The van der Waals surface area contributed by atoms with Gasteiger partial charge >= 0.3 is 0 Å². The van der Waals surface area contributed by atoms with Crippen LogP contribution in [-0.4, -0.2) is 48.6 Å². The predicted molar refractivity (Wildman–Crippen MR) is 61.8 cm³/mol. The van der Waals surface area contributed by atoms with E-state index in [1.165, 1.54) is 0 Å². The highest BCUT2D eigenvalue weighted by atomic mass is 15.1. The molecule has 0 aliphatic rings. The molecule has 1 heterocycles. The average molecular weight is 209 g/mol. The standard InChI is InChI=1S/C10H19N5/c1-15(2)8-7-13-10-4-6-12-9(14-10)3-5-11/h4,6H,3,5,7-8,11H2,1-2H3,(H,12,13,14). The zero-order chi connectivity index (χ0) is 11.1. The van der Waals surface area contributed by atoms with Gasteiger partial charge in [-0.05, 0) is 26.7 Å². The molecule has 84 valence electrons. The Morgan fingerprint density at radius 1 is 1.47 bits per heavy atom. The predicted octanol–water partition coefficient (Wildman–Crippen LogP) is -0.0487. The number of rotatable bonds is 6. The Labute approximate surface area is 90.7 Å². The third-order valence-electron chi connectivity index (χ3n) is 1.94. The molecule has 1 aromatic heterocycles. The summed E-state index contributed by atoms with van der Waals surface area (Å²) in [5.41, 5.74) is 5.44. The molecule has 0 saturated heterocycles. The molecule has 0 unspecified atom stereocenters. The summed E-state index contributed by atoms with van der Waals surface area (Å²) in [6.45, 7) is 2.45. The van der Waals surface area contributed by atoms with Gasteiger partial charge in [0.05, 0.1) is 0 Å². The van der Waals surface area contributed by atoms with Gasteiger partial charge in [-0.3, -0.25) is 0 Å². The van der Waals surface area contributed by atoms with Crippen LogP contribution >= 0.6 is 0 Å². The Balaban J connectivity index is 2.43. The van der Waals surface area contributed by atoms with Gasteiger partial charge in [-0.25, -0.2) is 9.97 Å². The molecule has 5 nitrogen and oxygen atoms in total. The molecule has 0 bridgehead atoms. The Hall–Kier alpha value is -1.20. The van der Waals surface area contributed by atoms with E-state index < -0.39 is 0 Å². The number of anilines is 1. The lowest BCUT2D eigenvalue weighted by molar-refractivity contribution is 0.425. The maximum absolute atomic E-state index is 5.44. The first-order valence-corrected chi connectivity index (χ1v) is 5.13. The van der Waals surface area contributed by atoms with Gasteiger partial charge in [-0.1, -0.05) is 0 Å². The molecular weight excluding hydrogens is 190 g/mol. The molecule has 1 rings (SSSR count). The summed E-state index contributed by atoms with van der Waals surface area (Å²) in [6, 6.07) is 1.87. The van der Waals surface area contributed by atoms with Crippen molar-refractivity contribution in [3.8, 4) is 0 Å². The molecule has 5 heteroatoms. The fourth-order valence-corrected chi connectivity index (χ4v) is 1.15. The summed E-state index contributed by atoms with van der Waals surface area (Å²) in [6.07, 6.45) is 2.49. The van der Waals surface area contributed by atoms with E-state index in [-0.39, 0.29) is 0 Å². The van der Waals surface area contributed by atoms with Crippen LogP contribution in [0.1, 0.15) is 5.82 Å². The van der Waals surface area contributed by atoms with Crippen molar-refractivity contribution in [2.45, 2.75) is 6.42 Å². The van der Waals surface area contributed by atoms with Gasteiger partial charge in [0.2, 0.25) is 0 Å². The van der Waals surface area contributed by atoms with Crippen LogP contribution in [0.4, 0.5) is 5.82 Å². The Bertz CT molecular complexity index is 287. The summed E-state index contributed by atoms with van der Waals surface area (Å²) < 4.78 is 0. The third kappa shape index (κ3) is 4.71. The van der Waals surface area contributed by atoms with Crippen LogP contribution in [0.15, 0.2) is 12.3 Å². The van der Waals surface area contributed by atoms with E-state index in [0.29, 0.717) is 6.54 Å². The number of hydrogen-bond acceptors (Lipinski definition) is 5. The maximum Gasteiger partial charge on any atom is 0.131 e. The molecule has 0 radical (unpaired) electrons. The monoisotopic (exact) mass is 209 g/mol. The van der Waals surface area contributed by atoms with Crippen molar-refractivity contribution in [2.75, 3.05) is 39.0 Å². The second kappa shape index (κ2) is 6.31. The molecule has 0 spiro atoms. The molecule has 0 atom stereocenters. The second-order valence-electron chi connectivity index (χ2n) is 3.63. The molecule has 0 saturated carbocycles. The van der Waals surface area contributed by atoms with Crippen molar-refractivity contribution in [3.63, 3.8) is 0 Å². The minimum absolute atomic E-state index is 0.584. The molecular formula is C10H19N5. The van der Waals surface area contributed by atoms with Gasteiger partial charge in [0.1, 0.15) is 11.6 Å². The van der Waals surface area contributed by atoms with Crippen LogP contribution in [0.2, 0.25) is 0 Å². The SMILES string of the molecule is CN(C)CCNc1ccnc(CCN)n1. The highest BCUT2D eigenvalue weighted by Gasteiger charge is 1.97. The summed E-state index contributed by atoms with van der Waals surface area (Å²) in [7, 11) is 4.09. The fourth-order valence-electron chi connectivity index (χ4n) is 1.15. The van der Waals surface area contributed by atoms with Crippen molar-refractivity contribution in [3.05, 3.63) is 18.1 Å². The second-order valence-corrected chi connectivity index (χ2v) is 3.63. The normalized spacial score (nSPS) is 10.7. The Morgan fingerprint density at radius 2 is 2.27 bits per heavy atom. The lowest BCUT2D eigenvalue weighted by Gasteiger charge is -2.10. The van der Waals surface area contributed by atoms with Crippen molar-refractivity contribution in [1.82, 2.24) is 14.9 Å².